The van der Waals surface area contributed by atoms with Crippen molar-refractivity contribution in [1.29, 1.82) is 0 Å². The second kappa shape index (κ2) is 4.27. The minimum absolute atomic E-state index is 0.177. The molecule has 3 aromatic heterocycles. The van der Waals surface area contributed by atoms with E-state index in [1.807, 2.05) is 6.92 Å². The summed E-state index contributed by atoms with van der Waals surface area (Å²) in [6, 6.07) is 0. The van der Waals surface area contributed by atoms with Crippen LogP contribution in [-0.4, -0.2) is 24.7 Å². The Labute approximate surface area is 107 Å². The Balaban J connectivity index is 2.06. The molecule has 3 aromatic rings. The first-order valence-corrected chi connectivity index (χ1v) is 5.74. The quantitative estimate of drug-likeness (QED) is 0.676. The van der Waals surface area contributed by atoms with E-state index in [1.54, 1.807) is 19.3 Å². The van der Waals surface area contributed by atoms with Crippen molar-refractivity contribution in [2.24, 2.45) is 0 Å². The standard InChI is InChI=1S/C12H11N5O2/c1-7-10-11(19-16-7)15-6-17(12(10)18)5-9-3-13-8(2)14-4-9/h3-4,6H,5H2,1-2H3. The van der Waals surface area contributed by atoms with E-state index in [9.17, 15) is 4.79 Å². The van der Waals surface area contributed by atoms with Gasteiger partial charge in [-0.3, -0.25) is 9.36 Å². The minimum atomic E-state index is -0.177. The molecule has 3 rings (SSSR count). The highest BCUT2D eigenvalue weighted by molar-refractivity contribution is 5.73. The summed E-state index contributed by atoms with van der Waals surface area (Å²) in [6.45, 7) is 3.89. The van der Waals surface area contributed by atoms with E-state index in [-0.39, 0.29) is 11.3 Å². The maximum Gasteiger partial charge on any atom is 0.266 e. The lowest BCUT2D eigenvalue weighted by molar-refractivity contribution is 0.442. The smallest absolute Gasteiger partial charge is 0.266 e. The third-order valence-corrected chi connectivity index (χ3v) is 2.82. The fourth-order valence-corrected chi connectivity index (χ4v) is 1.82. The van der Waals surface area contributed by atoms with Crippen LogP contribution >= 0.6 is 0 Å². The summed E-state index contributed by atoms with van der Waals surface area (Å²) in [7, 11) is 0. The van der Waals surface area contributed by atoms with E-state index < -0.39 is 0 Å². The predicted molar refractivity (Wildman–Crippen MR) is 66.7 cm³/mol. The summed E-state index contributed by atoms with van der Waals surface area (Å²) >= 11 is 0. The summed E-state index contributed by atoms with van der Waals surface area (Å²) in [5.74, 6) is 0.694. The van der Waals surface area contributed by atoms with Crippen molar-refractivity contribution in [3.8, 4) is 0 Å². The fourth-order valence-electron chi connectivity index (χ4n) is 1.82. The van der Waals surface area contributed by atoms with Gasteiger partial charge >= 0.3 is 0 Å². The van der Waals surface area contributed by atoms with Crippen molar-refractivity contribution < 1.29 is 4.52 Å². The van der Waals surface area contributed by atoms with Crippen LogP contribution in [0.3, 0.4) is 0 Å². The molecule has 0 spiro atoms. The lowest BCUT2D eigenvalue weighted by atomic mass is 10.3. The largest absolute Gasteiger partial charge is 0.335 e. The molecule has 0 aliphatic carbocycles. The van der Waals surface area contributed by atoms with Crippen LogP contribution in [0.1, 0.15) is 17.1 Å². The highest BCUT2D eigenvalue weighted by Crippen LogP contribution is 2.10. The molecule has 19 heavy (non-hydrogen) atoms. The van der Waals surface area contributed by atoms with Gasteiger partial charge in [0.15, 0.2) is 0 Å². The molecule has 96 valence electrons. The molecule has 0 aromatic carbocycles. The normalized spacial score (nSPS) is 11.1. The van der Waals surface area contributed by atoms with Crippen molar-refractivity contribution in [1.82, 2.24) is 24.7 Å². The number of nitrogens with zero attached hydrogens (tertiary/aromatic N) is 5. The zero-order valence-electron chi connectivity index (χ0n) is 10.5. The van der Waals surface area contributed by atoms with Crippen LogP contribution in [0, 0.1) is 13.8 Å². The highest BCUT2D eigenvalue weighted by Gasteiger charge is 2.12. The topological polar surface area (TPSA) is 86.7 Å². The van der Waals surface area contributed by atoms with E-state index in [1.165, 1.54) is 10.9 Å². The molecule has 0 fully saturated rings. The Morgan fingerprint density at radius 3 is 2.68 bits per heavy atom. The van der Waals surface area contributed by atoms with Gasteiger partial charge < -0.3 is 4.52 Å². The summed E-state index contributed by atoms with van der Waals surface area (Å²) in [4.78, 5) is 24.5. The van der Waals surface area contributed by atoms with Gasteiger partial charge in [0.1, 0.15) is 17.5 Å². The number of hydrogen-bond acceptors (Lipinski definition) is 6. The lowest BCUT2D eigenvalue weighted by Gasteiger charge is -2.04. The second-order valence-electron chi connectivity index (χ2n) is 4.26. The molecule has 3 heterocycles. The highest BCUT2D eigenvalue weighted by atomic mass is 16.5. The third kappa shape index (κ3) is 1.99. The van der Waals surface area contributed by atoms with Crippen LogP contribution in [0.25, 0.3) is 11.1 Å². The Kier molecular flexibility index (Phi) is 2.59. The van der Waals surface area contributed by atoms with Crippen LogP contribution in [0.5, 0.6) is 0 Å². The third-order valence-electron chi connectivity index (χ3n) is 2.82. The fraction of sp³-hybridized carbons (Fsp3) is 0.250. The van der Waals surface area contributed by atoms with Crippen molar-refractivity contribution in [2.45, 2.75) is 20.4 Å². The molecule has 0 bridgehead atoms. The molecular weight excluding hydrogens is 246 g/mol. The van der Waals surface area contributed by atoms with Crippen LogP contribution in [0.4, 0.5) is 0 Å². The van der Waals surface area contributed by atoms with Crippen LogP contribution in [0.15, 0.2) is 28.0 Å². The van der Waals surface area contributed by atoms with E-state index in [0.29, 0.717) is 23.4 Å². The van der Waals surface area contributed by atoms with E-state index >= 15 is 0 Å². The van der Waals surface area contributed by atoms with Gasteiger partial charge in [0.05, 0.1) is 12.2 Å². The first-order chi connectivity index (χ1) is 9.15. The Morgan fingerprint density at radius 1 is 1.21 bits per heavy atom. The van der Waals surface area contributed by atoms with Crippen molar-refractivity contribution in [3.05, 3.63) is 46.2 Å². The van der Waals surface area contributed by atoms with Gasteiger partial charge in [0.2, 0.25) is 0 Å². The van der Waals surface area contributed by atoms with Crippen molar-refractivity contribution >= 4 is 11.1 Å². The summed E-state index contributed by atoms with van der Waals surface area (Å²) in [6.07, 6.45) is 4.83. The molecule has 0 aliphatic rings. The van der Waals surface area contributed by atoms with Gasteiger partial charge in [-0.05, 0) is 13.8 Å². The molecule has 0 aliphatic heterocycles. The molecule has 0 saturated heterocycles. The monoisotopic (exact) mass is 257 g/mol. The van der Waals surface area contributed by atoms with Gasteiger partial charge in [-0.1, -0.05) is 5.16 Å². The van der Waals surface area contributed by atoms with Crippen molar-refractivity contribution in [2.75, 3.05) is 0 Å². The average Bonchev–Trinajstić information content (AvgIpc) is 2.78. The van der Waals surface area contributed by atoms with Gasteiger partial charge in [0.25, 0.3) is 11.3 Å². The van der Waals surface area contributed by atoms with Gasteiger partial charge in [-0.25, -0.2) is 15.0 Å². The summed E-state index contributed by atoms with van der Waals surface area (Å²) in [5.41, 5.74) is 1.47. The molecule has 0 saturated carbocycles. The SMILES string of the molecule is Cc1ncc(Cn2cnc3onc(C)c3c2=O)cn1. The van der Waals surface area contributed by atoms with Crippen LogP contribution in [-0.2, 0) is 6.54 Å². The predicted octanol–water partition coefficient (Wildman–Crippen LogP) is 0.840. The lowest BCUT2D eigenvalue weighted by Crippen LogP contribution is -2.21. The van der Waals surface area contributed by atoms with Gasteiger partial charge in [-0.2, -0.15) is 0 Å². The first-order valence-electron chi connectivity index (χ1n) is 5.74. The number of rotatable bonds is 2. The van der Waals surface area contributed by atoms with E-state index in [2.05, 4.69) is 20.1 Å². The second-order valence-corrected chi connectivity index (χ2v) is 4.26. The number of aromatic nitrogens is 5. The average molecular weight is 257 g/mol. The molecule has 0 unspecified atom stereocenters. The first kappa shape index (κ1) is 11.5. The molecule has 7 nitrogen and oxygen atoms in total. The summed E-state index contributed by atoms with van der Waals surface area (Å²) in [5, 5.41) is 4.15. The Morgan fingerprint density at radius 2 is 1.95 bits per heavy atom. The Hall–Kier alpha value is -2.57. The molecule has 7 heteroatoms. The van der Waals surface area contributed by atoms with Crippen molar-refractivity contribution in [3.63, 3.8) is 0 Å². The maximum absolute atomic E-state index is 12.3. The zero-order valence-corrected chi connectivity index (χ0v) is 10.5. The summed E-state index contributed by atoms with van der Waals surface area (Å²) < 4.78 is 6.44. The van der Waals surface area contributed by atoms with Crippen LogP contribution in [0.2, 0.25) is 0 Å². The number of aryl methyl sites for hydroxylation is 2. The van der Waals surface area contributed by atoms with Crippen LogP contribution < -0.4 is 5.56 Å². The Bertz CT molecular complexity index is 788. The van der Waals surface area contributed by atoms with E-state index in [4.69, 9.17) is 4.52 Å². The number of hydrogen-bond donors (Lipinski definition) is 0. The van der Waals surface area contributed by atoms with Gasteiger partial charge in [-0.15, -0.1) is 0 Å². The van der Waals surface area contributed by atoms with E-state index in [0.717, 1.165) is 5.56 Å². The maximum atomic E-state index is 12.3. The molecule has 0 amide bonds. The minimum Gasteiger partial charge on any atom is -0.335 e. The zero-order chi connectivity index (χ0) is 13.4. The molecule has 0 radical (unpaired) electrons. The molecule has 0 N–H and O–H groups in total. The number of fused-ring (bicyclic) bond motifs is 1. The molecule has 0 atom stereocenters. The molecular formula is C12H11N5O2. The van der Waals surface area contributed by atoms with Gasteiger partial charge in [0, 0.05) is 18.0 Å².